The molecule has 2 unspecified atom stereocenters. The number of likely N-dealkylation sites (N-methyl/N-ethyl adjacent to an activating group) is 1. The predicted octanol–water partition coefficient (Wildman–Crippen LogP) is 2.73. The Morgan fingerprint density at radius 2 is 1.85 bits per heavy atom. The lowest BCUT2D eigenvalue weighted by Gasteiger charge is -2.44. The fourth-order valence-electron chi connectivity index (χ4n) is 3.15. The van der Waals surface area contributed by atoms with Crippen LogP contribution >= 0.6 is 0 Å². The Kier molecular flexibility index (Phi) is 6.39. The summed E-state index contributed by atoms with van der Waals surface area (Å²) in [6.45, 7) is 1.68. The average molecular weight is 374 g/mol. The fourth-order valence-corrected chi connectivity index (χ4v) is 3.15. The first kappa shape index (κ1) is 20.4. The number of nitrogens with zero attached hydrogens (tertiary/aromatic N) is 2. The quantitative estimate of drug-likeness (QED) is 0.795. The molecule has 0 bridgehead atoms. The van der Waals surface area contributed by atoms with Crippen molar-refractivity contribution in [1.82, 2.24) is 9.80 Å². The Morgan fingerprint density at radius 3 is 2.42 bits per heavy atom. The van der Waals surface area contributed by atoms with Crippen LogP contribution in [0.3, 0.4) is 0 Å². The van der Waals surface area contributed by atoms with Gasteiger partial charge in [-0.1, -0.05) is 6.07 Å². The van der Waals surface area contributed by atoms with Crippen molar-refractivity contribution in [2.75, 3.05) is 34.4 Å². The number of amides is 1. The van der Waals surface area contributed by atoms with Crippen molar-refractivity contribution in [2.45, 2.75) is 38.0 Å². The summed E-state index contributed by atoms with van der Waals surface area (Å²) in [5.41, 5.74) is 0.866. The second-order valence-electron chi connectivity index (χ2n) is 6.56. The van der Waals surface area contributed by atoms with Crippen molar-refractivity contribution in [1.29, 1.82) is 0 Å². The number of piperazine rings is 1. The first-order valence-corrected chi connectivity index (χ1v) is 8.44. The topological polar surface area (TPSA) is 42.0 Å². The Labute approximate surface area is 151 Å². The van der Waals surface area contributed by atoms with Crippen LogP contribution in [0.1, 0.15) is 18.9 Å². The largest absolute Gasteiger partial charge is 0.493 e. The van der Waals surface area contributed by atoms with Crippen LogP contribution in [-0.4, -0.2) is 68.3 Å². The van der Waals surface area contributed by atoms with Gasteiger partial charge in [0.25, 0.3) is 0 Å². The molecule has 1 aliphatic rings. The number of benzene rings is 1. The zero-order valence-electron chi connectivity index (χ0n) is 15.5. The van der Waals surface area contributed by atoms with E-state index < -0.39 is 12.2 Å². The number of ether oxygens (including phenoxy) is 2. The van der Waals surface area contributed by atoms with Gasteiger partial charge in [-0.3, -0.25) is 9.69 Å². The minimum Gasteiger partial charge on any atom is -0.493 e. The third kappa shape index (κ3) is 4.60. The summed E-state index contributed by atoms with van der Waals surface area (Å²) in [7, 11) is 4.51. The van der Waals surface area contributed by atoms with Gasteiger partial charge in [0.1, 0.15) is 6.04 Å². The minimum absolute atomic E-state index is 0.149. The summed E-state index contributed by atoms with van der Waals surface area (Å²) in [6.07, 6.45) is -3.78. The molecule has 26 heavy (non-hydrogen) atoms. The maximum absolute atomic E-state index is 13.2. The molecule has 0 N–H and O–H groups in total. The highest BCUT2D eigenvalue weighted by atomic mass is 19.4. The Hall–Kier alpha value is -1.96. The zero-order chi connectivity index (χ0) is 19.5. The molecular weight excluding hydrogens is 349 g/mol. The van der Waals surface area contributed by atoms with Crippen LogP contribution in [0, 0.1) is 0 Å². The second kappa shape index (κ2) is 8.16. The number of carbonyl (C=O) groups excluding carboxylic acids is 1. The molecule has 1 heterocycles. The lowest BCUT2D eigenvalue weighted by Crippen LogP contribution is -2.62. The van der Waals surface area contributed by atoms with Gasteiger partial charge in [-0.25, -0.2) is 0 Å². The number of alkyl halides is 3. The lowest BCUT2D eigenvalue weighted by molar-refractivity contribution is -0.201. The highest BCUT2D eigenvalue weighted by Gasteiger charge is 2.47. The number of rotatable bonds is 5. The standard InChI is InChI=1S/C18H25F3N2O3/c1-12-10-23(11-16(22(12)2)18(19,20)21)17(24)8-6-13-5-7-14(25-3)15(9-13)26-4/h5,7,9,12,16H,6,8,10-11H2,1-4H3. The lowest BCUT2D eigenvalue weighted by atomic mass is 10.0. The van der Waals surface area contributed by atoms with Crippen LogP contribution < -0.4 is 9.47 Å². The maximum Gasteiger partial charge on any atom is 0.405 e. The summed E-state index contributed by atoms with van der Waals surface area (Å²) in [5.74, 6) is 0.875. The van der Waals surface area contributed by atoms with E-state index in [9.17, 15) is 18.0 Å². The molecule has 1 aliphatic heterocycles. The number of hydrogen-bond donors (Lipinski definition) is 0. The van der Waals surface area contributed by atoms with Crippen LogP contribution in [0.15, 0.2) is 18.2 Å². The van der Waals surface area contributed by atoms with E-state index >= 15 is 0 Å². The van der Waals surface area contributed by atoms with Gasteiger partial charge in [-0.05, 0) is 38.1 Å². The molecular formula is C18H25F3N2O3. The highest BCUT2D eigenvalue weighted by Crippen LogP contribution is 2.30. The first-order valence-electron chi connectivity index (χ1n) is 8.44. The predicted molar refractivity (Wildman–Crippen MR) is 91.5 cm³/mol. The summed E-state index contributed by atoms with van der Waals surface area (Å²) in [6, 6.07) is 3.37. The third-order valence-corrected chi connectivity index (χ3v) is 4.87. The van der Waals surface area contributed by atoms with E-state index in [-0.39, 0.29) is 24.9 Å². The monoisotopic (exact) mass is 374 g/mol. The fraction of sp³-hybridized carbons (Fsp3) is 0.611. The van der Waals surface area contributed by atoms with Gasteiger partial charge in [0.2, 0.25) is 5.91 Å². The van der Waals surface area contributed by atoms with Crippen molar-refractivity contribution in [3.63, 3.8) is 0 Å². The van der Waals surface area contributed by atoms with E-state index in [1.54, 1.807) is 19.1 Å². The highest BCUT2D eigenvalue weighted by molar-refractivity contribution is 5.76. The first-order chi connectivity index (χ1) is 12.2. The van der Waals surface area contributed by atoms with Crippen LogP contribution in [0.4, 0.5) is 13.2 Å². The number of halogens is 3. The smallest absolute Gasteiger partial charge is 0.405 e. The van der Waals surface area contributed by atoms with Crippen molar-refractivity contribution < 1.29 is 27.4 Å². The number of carbonyl (C=O) groups is 1. The van der Waals surface area contributed by atoms with Crippen molar-refractivity contribution in [3.05, 3.63) is 23.8 Å². The molecule has 8 heteroatoms. The Balaban J connectivity index is 2.01. The summed E-state index contributed by atoms with van der Waals surface area (Å²) in [5, 5.41) is 0. The summed E-state index contributed by atoms with van der Waals surface area (Å²) >= 11 is 0. The van der Waals surface area contributed by atoms with E-state index in [1.807, 2.05) is 6.07 Å². The van der Waals surface area contributed by atoms with Crippen molar-refractivity contribution >= 4 is 5.91 Å². The molecule has 2 atom stereocenters. The molecule has 1 saturated heterocycles. The van der Waals surface area contributed by atoms with Gasteiger partial charge in [0, 0.05) is 25.6 Å². The average Bonchev–Trinajstić information content (AvgIpc) is 2.60. The van der Waals surface area contributed by atoms with Gasteiger partial charge in [0.05, 0.1) is 14.2 Å². The Morgan fingerprint density at radius 1 is 1.19 bits per heavy atom. The van der Waals surface area contributed by atoms with E-state index in [0.717, 1.165) is 5.56 Å². The van der Waals surface area contributed by atoms with Gasteiger partial charge in [0.15, 0.2) is 11.5 Å². The molecule has 0 saturated carbocycles. The molecule has 0 aromatic heterocycles. The minimum atomic E-state index is -4.36. The van der Waals surface area contributed by atoms with E-state index in [4.69, 9.17) is 9.47 Å². The van der Waals surface area contributed by atoms with Gasteiger partial charge in [-0.15, -0.1) is 0 Å². The molecule has 1 aromatic carbocycles. The van der Waals surface area contributed by atoms with Crippen LogP contribution in [0.5, 0.6) is 11.5 Å². The normalized spacial score (nSPS) is 21.6. The molecule has 2 rings (SSSR count). The van der Waals surface area contributed by atoms with E-state index in [1.165, 1.54) is 31.1 Å². The number of hydrogen-bond acceptors (Lipinski definition) is 4. The SMILES string of the molecule is COc1ccc(CCC(=O)N2CC(C)N(C)C(C(F)(F)F)C2)cc1OC. The second-order valence-corrected chi connectivity index (χ2v) is 6.56. The van der Waals surface area contributed by atoms with E-state index in [0.29, 0.717) is 24.5 Å². The maximum atomic E-state index is 13.2. The molecule has 0 radical (unpaired) electrons. The number of methoxy groups -OCH3 is 2. The zero-order valence-corrected chi connectivity index (χ0v) is 15.5. The van der Waals surface area contributed by atoms with Crippen LogP contribution in [0.25, 0.3) is 0 Å². The van der Waals surface area contributed by atoms with Gasteiger partial charge < -0.3 is 14.4 Å². The molecule has 0 aliphatic carbocycles. The molecule has 1 aromatic rings. The molecule has 0 spiro atoms. The molecule has 1 fully saturated rings. The Bertz CT molecular complexity index is 637. The van der Waals surface area contributed by atoms with Gasteiger partial charge in [-0.2, -0.15) is 13.2 Å². The summed E-state index contributed by atoms with van der Waals surface area (Å²) in [4.78, 5) is 15.1. The molecule has 5 nitrogen and oxygen atoms in total. The summed E-state index contributed by atoms with van der Waals surface area (Å²) < 4.78 is 50.0. The van der Waals surface area contributed by atoms with Crippen molar-refractivity contribution in [2.24, 2.45) is 0 Å². The van der Waals surface area contributed by atoms with Crippen molar-refractivity contribution in [3.8, 4) is 11.5 Å². The van der Waals surface area contributed by atoms with Crippen LogP contribution in [0.2, 0.25) is 0 Å². The van der Waals surface area contributed by atoms with E-state index in [2.05, 4.69) is 0 Å². The third-order valence-electron chi connectivity index (χ3n) is 4.87. The molecule has 146 valence electrons. The number of aryl methyl sites for hydroxylation is 1. The van der Waals surface area contributed by atoms with Gasteiger partial charge >= 0.3 is 6.18 Å². The molecule has 1 amide bonds. The van der Waals surface area contributed by atoms with Crippen LogP contribution in [-0.2, 0) is 11.2 Å².